The first-order chi connectivity index (χ1) is 16.9. The quantitative estimate of drug-likeness (QED) is 0.357. The number of hydrogen-bond donors (Lipinski definition) is 2. The van der Waals surface area contributed by atoms with Crippen LogP contribution in [0.15, 0.2) is 67.0 Å². The fourth-order valence-corrected chi connectivity index (χ4v) is 3.50. The number of primary amides is 1. The number of nitrogens with two attached hydrogens (primary N) is 1. The molecule has 0 radical (unpaired) electrons. The molecule has 0 fully saturated rings. The molecule has 0 aliphatic rings. The number of hydrogen-bond acceptors (Lipinski definition) is 7. The molecule has 3 N–H and O–H groups in total. The summed E-state index contributed by atoms with van der Waals surface area (Å²) in [7, 11) is 1.76. The molecule has 0 bridgehead atoms. The molecular formula is C26H26N6O3. The van der Waals surface area contributed by atoms with Gasteiger partial charge < -0.3 is 20.7 Å². The third-order valence-electron chi connectivity index (χ3n) is 5.48. The fourth-order valence-electron chi connectivity index (χ4n) is 3.50. The van der Waals surface area contributed by atoms with E-state index < -0.39 is 5.91 Å². The number of benzene rings is 2. The van der Waals surface area contributed by atoms with E-state index >= 15 is 0 Å². The van der Waals surface area contributed by atoms with Crippen LogP contribution in [0, 0.1) is 0 Å². The van der Waals surface area contributed by atoms with Crippen LogP contribution < -0.4 is 15.8 Å². The second-order valence-corrected chi connectivity index (χ2v) is 7.99. The first kappa shape index (κ1) is 23.6. The van der Waals surface area contributed by atoms with Crippen molar-refractivity contribution in [3.63, 3.8) is 0 Å². The number of pyridine rings is 1. The van der Waals surface area contributed by atoms with Crippen LogP contribution in [-0.4, -0.2) is 51.9 Å². The molecule has 0 saturated heterocycles. The monoisotopic (exact) mass is 470 g/mol. The van der Waals surface area contributed by atoms with Gasteiger partial charge in [0, 0.05) is 43.9 Å². The lowest BCUT2D eigenvalue weighted by Gasteiger charge is -2.16. The smallest absolute Gasteiger partial charge is 0.250 e. The van der Waals surface area contributed by atoms with Gasteiger partial charge in [0.2, 0.25) is 5.91 Å². The number of para-hydroxylation sites is 1. The Hall–Kier alpha value is -4.53. The van der Waals surface area contributed by atoms with Gasteiger partial charge in [0.25, 0.3) is 5.91 Å². The highest BCUT2D eigenvalue weighted by molar-refractivity contribution is 6.01. The van der Waals surface area contributed by atoms with Crippen molar-refractivity contribution in [1.82, 2.24) is 19.9 Å². The predicted molar refractivity (Wildman–Crippen MR) is 134 cm³/mol. The van der Waals surface area contributed by atoms with Crippen molar-refractivity contribution in [1.29, 1.82) is 0 Å². The van der Waals surface area contributed by atoms with Gasteiger partial charge in [-0.1, -0.05) is 12.1 Å². The van der Waals surface area contributed by atoms with E-state index in [1.165, 1.54) is 6.92 Å². The summed E-state index contributed by atoms with van der Waals surface area (Å²) in [4.78, 5) is 38.6. The van der Waals surface area contributed by atoms with Crippen molar-refractivity contribution in [2.24, 2.45) is 5.73 Å². The van der Waals surface area contributed by atoms with Gasteiger partial charge in [0.1, 0.15) is 11.6 Å². The van der Waals surface area contributed by atoms with E-state index in [1.807, 2.05) is 36.4 Å². The number of nitrogens with one attached hydrogen (secondary N) is 1. The number of ether oxygens (including phenoxy) is 1. The van der Waals surface area contributed by atoms with E-state index in [9.17, 15) is 9.59 Å². The lowest BCUT2D eigenvalue weighted by Crippen LogP contribution is -2.25. The standard InChI is InChI=1S/C26H26N6O3/c1-17(33)32(2)13-6-14-35-19-10-11-23-21(15-19)26(30-22-9-4-3-8-20(22)24(27)34)31-25(29-23)18-7-5-12-28-16-18/h3-5,7-12,15-16H,6,13-14H2,1-2H3,(H2,27,34)(H,29,30,31). The highest BCUT2D eigenvalue weighted by Crippen LogP contribution is 2.31. The van der Waals surface area contributed by atoms with Gasteiger partial charge in [-0.3, -0.25) is 14.6 Å². The van der Waals surface area contributed by atoms with Gasteiger partial charge in [-0.2, -0.15) is 0 Å². The van der Waals surface area contributed by atoms with Crippen LogP contribution in [0.1, 0.15) is 23.7 Å². The average molecular weight is 471 g/mol. The summed E-state index contributed by atoms with van der Waals surface area (Å²) in [5.41, 5.74) is 7.91. The van der Waals surface area contributed by atoms with Crippen molar-refractivity contribution >= 4 is 34.2 Å². The molecule has 9 heteroatoms. The predicted octanol–water partition coefficient (Wildman–Crippen LogP) is 3.78. The summed E-state index contributed by atoms with van der Waals surface area (Å²) in [6.45, 7) is 2.59. The van der Waals surface area contributed by atoms with E-state index in [2.05, 4.69) is 10.3 Å². The molecule has 2 heterocycles. The van der Waals surface area contributed by atoms with Crippen LogP contribution >= 0.6 is 0 Å². The van der Waals surface area contributed by atoms with Gasteiger partial charge >= 0.3 is 0 Å². The average Bonchev–Trinajstić information content (AvgIpc) is 2.87. The van der Waals surface area contributed by atoms with Crippen molar-refractivity contribution in [3.8, 4) is 17.1 Å². The zero-order valence-electron chi connectivity index (χ0n) is 19.6. The van der Waals surface area contributed by atoms with Crippen LogP contribution in [-0.2, 0) is 4.79 Å². The third kappa shape index (κ3) is 5.70. The van der Waals surface area contributed by atoms with E-state index in [1.54, 1.807) is 42.5 Å². The van der Waals surface area contributed by atoms with Crippen molar-refractivity contribution < 1.29 is 14.3 Å². The van der Waals surface area contributed by atoms with Crippen LogP contribution in [0.5, 0.6) is 5.75 Å². The summed E-state index contributed by atoms with van der Waals surface area (Å²) in [5, 5.41) is 3.97. The summed E-state index contributed by atoms with van der Waals surface area (Å²) in [6.07, 6.45) is 4.07. The molecule has 2 aromatic heterocycles. The zero-order valence-corrected chi connectivity index (χ0v) is 19.6. The molecule has 0 saturated carbocycles. The molecule has 2 amide bonds. The van der Waals surface area contributed by atoms with Crippen LogP contribution in [0.25, 0.3) is 22.3 Å². The maximum Gasteiger partial charge on any atom is 0.250 e. The second kappa shape index (κ2) is 10.6. The van der Waals surface area contributed by atoms with Crippen molar-refractivity contribution in [2.45, 2.75) is 13.3 Å². The lowest BCUT2D eigenvalue weighted by atomic mass is 10.1. The zero-order chi connectivity index (χ0) is 24.8. The number of anilines is 2. The van der Waals surface area contributed by atoms with E-state index in [4.69, 9.17) is 20.4 Å². The number of carbonyl (C=O) groups excluding carboxylic acids is 2. The third-order valence-corrected chi connectivity index (χ3v) is 5.48. The second-order valence-electron chi connectivity index (χ2n) is 7.99. The molecular weight excluding hydrogens is 444 g/mol. The molecule has 178 valence electrons. The molecule has 0 atom stereocenters. The minimum atomic E-state index is -0.543. The van der Waals surface area contributed by atoms with Gasteiger partial charge in [0.05, 0.1) is 23.4 Å². The molecule has 4 aromatic rings. The van der Waals surface area contributed by atoms with Gasteiger partial charge in [-0.15, -0.1) is 0 Å². The number of aromatic nitrogens is 3. The largest absolute Gasteiger partial charge is 0.494 e. The Kier molecular flexibility index (Phi) is 7.15. The number of nitrogens with zero attached hydrogens (tertiary/aromatic N) is 4. The van der Waals surface area contributed by atoms with Crippen LogP contribution in [0.2, 0.25) is 0 Å². The van der Waals surface area contributed by atoms with Crippen LogP contribution in [0.3, 0.4) is 0 Å². The fraction of sp³-hybridized carbons (Fsp3) is 0.192. The maximum absolute atomic E-state index is 12.0. The SMILES string of the molecule is CC(=O)N(C)CCCOc1ccc2nc(-c3cccnc3)nc(Nc3ccccc3C(N)=O)c2c1. The first-order valence-electron chi connectivity index (χ1n) is 11.1. The summed E-state index contributed by atoms with van der Waals surface area (Å²) >= 11 is 0. The Labute approximate surface area is 203 Å². The minimum absolute atomic E-state index is 0.0178. The number of rotatable bonds is 9. The number of amides is 2. The minimum Gasteiger partial charge on any atom is -0.494 e. The highest BCUT2D eigenvalue weighted by Gasteiger charge is 2.14. The molecule has 9 nitrogen and oxygen atoms in total. The summed E-state index contributed by atoms with van der Waals surface area (Å²) < 4.78 is 5.92. The molecule has 0 unspecified atom stereocenters. The van der Waals surface area contributed by atoms with Crippen LogP contribution in [0.4, 0.5) is 11.5 Å². The molecule has 0 spiro atoms. The van der Waals surface area contributed by atoms with E-state index in [-0.39, 0.29) is 5.91 Å². The Morgan fingerprint density at radius 2 is 1.91 bits per heavy atom. The lowest BCUT2D eigenvalue weighted by molar-refractivity contribution is -0.127. The van der Waals surface area contributed by atoms with E-state index in [0.29, 0.717) is 53.7 Å². The number of fused-ring (bicyclic) bond motifs is 1. The highest BCUT2D eigenvalue weighted by atomic mass is 16.5. The Morgan fingerprint density at radius 3 is 2.66 bits per heavy atom. The van der Waals surface area contributed by atoms with Gasteiger partial charge in [-0.25, -0.2) is 9.97 Å². The Bertz CT molecular complexity index is 1360. The van der Waals surface area contributed by atoms with E-state index in [0.717, 1.165) is 10.9 Å². The Morgan fingerprint density at radius 1 is 1.09 bits per heavy atom. The molecule has 4 rings (SSSR count). The van der Waals surface area contributed by atoms with Crippen molar-refractivity contribution in [3.05, 3.63) is 72.6 Å². The van der Waals surface area contributed by atoms with Crippen molar-refractivity contribution in [2.75, 3.05) is 25.5 Å². The molecule has 0 aliphatic heterocycles. The first-order valence-corrected chi connectivity index (χ1v) is 11.1. The topological polar surface area (TPSA) is 123 Å². The van der Waals surface area contributed by atoms with Gasteiger partial charge in [-0.05, 0) is 48.9 Å². The Balaban J connectivity index is 1.69. The maximum atomic E-state index is 12.0. The number of carbonyl (C=O) groups is 2. The molecule has 0 aliphatic carbocycles. The molecule has 2 aromatic carbocycles. The molecule has 35 heavy (non-hydrogen) atoms. The summed E-state index contributed by atoms with van der Waals surface area (Å²) in [5.74, 6) is 1.12. The summed E-state index contributed by atoms with van der Waals surface area (Å²) in [6, 6.07) is 16.2. The van der Waals surface area contributed by atoms with Gasteiger partial charge in [0.15, 0.2) is 5.82 Å². The normalized spacial score (nSPS) is 10.7.